The van der Waals surface area contributed by atoms with Crippen LogP contribution in [-0.4, -0.2) is 4.98 Å². The van der Waals surface area contributed by atoms with Gasteiger partial charge in [0.1, 0.15) is 16.5 Å². The summed E-state index contributed by atoms with van der Waals surface area (Å²) in [7, 11) is 0. The fraction of sp³-hybridized carbons (Fsp3) is 0.118. The van der Waals surface area contributed by atoms with Crippen LogP contribution in [0.25, 0.3) is 23.4 Å². The van der Waals surface area contributed by atoms with E-state index in [0.717, 1.165) is 27.8 Å². The van der Waals surface area contributed by atoms with Crippen LogP contribution in [-0.2, 0) is 0 Å². The van der Waals surface area contributed by atoms with Gasteiger partial charge >= 0.3 is 0 Å². The van der Waals surface area contributed by atoms with Crippen LogP contribution in [0.3, 0.4) is 0 Å². The molecule has 0 aliphatic carbocycles. The van der Waals surface area contributed by atoms with E-state index in [1.54, 1.807) is 11.3 Å². The molecule has 1 aromatic carbocycles. The highest BCUT2D eigenvalue weighted by Crippen LogP contribution is 2.23. The van der Waals surface area contributed by atoms with Gasteiger partial charge in [-0.15, -0.1) is 11.3 Å². The van der Waals surface area contributed by atoms with Crippen molar-refractivity contribution < 1.29 is 4.42 Å². The number of furan rings is 1. The monoisotopic (exact) mass is 281 g/mol. The average Bonchev–Trinajstić information content (AvgIpc) is 3.06. The molecule has 0 atom stereocenters. The zero-order chi connectivity index (χ0) is 13.9. The van der Waals surface area contributed by atoms with Crippen LogP contribution in [0.15, 0.2) is 46.2 Å². The van der Waals surface area contributed by atoms with Gasteiger partial charge in [0.05, 0.1) is 5.69 Å². The first-order chi connectivity index (χ1) is 9.70. The molecule has 0 spiro atoms. The lowest BCUT2D eigenvalue weighted by Crippen LogP contribution is -1.78. The first-order valence-electron chi connectivity index (χ1n) is 6.48. The highest BCUT2D eigenvalue weighted by molar-refractivity contribution is 7.10. The summed E-state index contributed by atoms with van der Waals surface area (Å²) in [5.41, 5.74) is 3.43. The molecule has 0 aliphatic rings. The molecule has 3 rings (SSSR count). The number of benzene rings is 1. The summed E-state index contributed by atoms with van der Waals surface area (Å²) in [6, 6.07) is 12.3. The Bertz CT molecular complexity index is 734. The normalized spacial score (nSPS) is 11.3. The van der Waals surface area contributed by atoms with Gasteiger partial charge in [0.2, 0.25) is 0 Å². The second-order valence-corrected chi connectivity index (χ2v) is 5.61. The molecule has 3 aromatic rings. The molecule has 0 fully saturated rings. The lowest BCUT2D eigenvalue weighted by atomic mass is 10.1. The lowest BCUT2D eigenvalue weighted by molar-refractivity contribution is 0.525. The van der Waals surface area contributed by atoms with Gasteiger partial charge < -0.3 is 4.42 Å². The zero-order valence-electron chi connectivity index (χ0n) is 11.5. The van der Waals surface area contributed by atoms with E-state index in [-0.39, 0.29) is 0 Å². The largest absolute Gasteiger partial charge is 0.462 e. The number of hydrogen-bond donors (Lipinski definition) is 0. The van der Waals surface area contributed by atoms with E-state index < -0.39 is 0 Å². The van der Waals surface area contributed by atoms with Crippen LogP contribution in [0.4, 0.5) is 0 Å². The molecule has 0 aliphatic heterocycles. The Hall–Kier alpha value is -2.13. The van der Waals surface area contributed by atoms with Crippen molar-refractivity contribution in [2.75, 3.05) is 0 Å². The summed E-state index contributed by atoms with van der Waals surface area (Å²) < 4.78 is 5.50. The van der Waals surface area contributed by atoms with Crippen molar-refractivity contribution in [1.82, 2.24) is 4.98 Å². The second kappa shape index (κ2) is 5.47. The Morgan fingerprint density at radius 2 is 1.80 bits per heavy atom. The van der Waals surface area contributed by atoms with Crippen LogP contribution in [0, 0.1) is 13.8 Å². The molecule has 0 radical (unpaired) electrons. The van der Waals surface area contributed by atoms with Gasteiger partial charge in [-0.05, 0) is 38.1 Å². The van der Waals surface area contributed by atoms with E-state index in [1.807, 2.05) is 31.2 Å². The summed E-state index contributed by atoms with van der Waals surface area (Å²) in [5.74, 6) is 1.78. The van der Waals surface area contributed by atoms with Crippen LogP contribution >= 0.6 is 11.3 Å². The van der Waals surface area contributed by atoms with Crippen molar-refractivity contribution in [2.45, 2.75) is 13.8 Å². The Labute approximate surface area is 122 Å². The maximum atomic E-state index is 5.50. The Balaban J connectivity index is 1.80. The third-order valence-electron chi connectivity index (χ3n) is 3.02. The SMILES string of the molecule is Cc1ccc(-c2csc(C=Cc3ccc(C)o3)n2)cc1. The van der Waals surface area contributed by atoms with E-state index in [4.69, 9.17) is 4.42 Å². The third kappa shape index (κ3) is 2.89. The molecule has 0 unspecified atom stereocenters. The van der Waals surface area contributed by atoms with Crippen molar-refractivity contribution in [3.8, 4) is 11.3 Å². The van der Waals surface area contributed by atoms with Crippen LogP contribution in [0.5, 0.6) is 0 Å². The quantitative estimate of drug-likeness (QED) is 0.660. The fourth-order valence-electron chi connectivity index (χ4n) is 1.92. The minimum atomic E-state index is 0.856. The molecule has 2 aromatic heterocycles. The number of hydrogen-bond acceptors (Lipinski definition) is 3. The maximum Gasteiger partial charge on any atom is 0.127 e. The molecule has 2 nitrogen and oxygen atoms in total. The lowest BCUT2D eigenvalue weighted by Gasteiger charge is -1.96. The fourth-order valence-corrected chi connectivity index (χ4v) is 2.64. The van der Waals surface area contributed by atoms with Gasteiger partial charge in [0, 0.05) is 10.9 Å². The molecule has 0 bridgehead atoms. The highest BCUT2D eigenvalue weighted by Gasteiger charge is 2.02. The minimum Gasteiger partial charge on any atom is -0.462 e. The smallest absolute Gasteiger partial charge is 0.127 e. The van der Waals surface area contributed by atoms with E-state index in [0.29, 0.717) is 0 Å². The van der Waals surface area contributed by atoms with E-state index in [1.165, 1.54) is 5.56 Å². The molecule has 0 amide bonds. The van der Waals surface area contributed by atoms with Crippen molar-refractivity contribution >= 4 is 23.5 Å². The van der Waals surface area contributed by atoms with Crippen molar-refractivity contribution in [3.63, 3.8) is 0 Å². The van der Waals surface area contributed by atoms with E-state index in [2.05, 4.69) is 41.6 Å². The van der Waals surface area contributed by atoms with Gasteiger partial charge in [0.25, 0.3) is 0 Å². The standard InChI is InChI=1S/C17H15NOS/c1-12-3-6-14(7-4-12)16-11-20-17(18-16)10-9-15-8-5-13(2)19-15/h3-11H,1-2H3. The van der Waals surface area contributed by atoms with Crippen molar-refractivity contribution in [3.05, 3.63) is 63.9 Å². The predicted molar refractivity (Wildman–Crippen MR) is 84.7 cm³/mol. The summed E-state index contributed by atoms with van der Waals surface area (Å²) in [6.45, 7) is 4.03. The van der Waals surface area contributed by atoms with Crippen molar-refractivity contribution in [1.29, 1.82) is 0 Å². The topological polar surface area (TPSA) is 26.0 Å². The first-order valence-corrected chi connectivity index (χ1v) is 7.36. The molecule has 100 valence electrons. The summed E-state index contributed by atoms with van der Waals surface area (Å²) in [5, 5.41) is 3.06. The summed E-state index contributed by atoms with van der Waals surface area (Å²) in [6.07, 6.45) is 3.94. The van der Waals surface area contributed by atoms with Gasteiger partial charge in [-0.25, -0.2) is 4.98 Å². The number of aryl methyl sites for hydroxylation is 2. The van der Waals surface area contributed by atoms with Gasteiger partial charge in [-0.3, -0.25) is 0 Å². The minimum absolute atomic E-state index is 0.856. The van der Waals surface area contributed by atoms with Crippen molar-refractivity contribution in [2.24, 2.45) is 0 Å². The molecule has 20 heavy (non-hydrogen) atoms. The van der Waals surface area contributed by atoms with E-state index in [9.17, 15) is 0 Å². The number of thiazole rings is 1. The molecule has 0 saturated heterocycles. The summed E-state index contributed by atoms with van der Waals surface area (Å²) in [4.78, 5) is 4.62. The summed E-state index contributed by atoms with van der Waals surface area (Å²) >= 11 is 1.64. The van der Waals surface area contributed by atoms with Crippen LogP contribution in [0.1, 0.15) is 22.1 Å². The molecule has 0 N–H and O–H groups in total. The molecular weight excluding hydrogens is 266 g/mol. The van der Waals surface area contributed by atoms with E-state index >= 15 is 0 Å². The number of nitrogens with zero attached hydrogens (tertiary/aromatic N) is 1. The molecule has 2 heterocycles. The average molecular weight is 281 g/mol. The third-order valence-corrected chi connectivity index (χ3v) is 3.83. The molecule has 3 heteroatoms. The Morgan fingerprint density at radius 3 is 2.50 bits per heavy atom. The maximum absolute atomic E-state index is 5.50. The van der Waals surface area contributed by atoms with Gasteiger partial charge in [-0.1, -0.05) is 29.8 Å². The van der Waals surface area contributed by atoms with Crippen LogP contribution in [0.2, 0.25) is 0 Å². The number of rotatable bonds is 3. The molecule has 0 saturated carbocycles. The second-order valence-electron chi connectivity index (χ2n) is 4.72. The Kier molecular flexibility index (Phi) is 3.52. The number of aromatic nitrogens is 1. The molecular formula is C17H15NOS. The zero-order valence-corrected chi connectivity index (χ0v) is 12.3. The van der Waals surface area contributed by atoms with Gasteiger partial charge in [0.15, 0.2) is 0 Å². The first kappa shape index (κ1) is 12.9. The van der Waals surface area contributed by atoms with Gasteiger partial charge in [-0.2, -0.15) is 0 Å². The van der Waals surface area contributed by atoms with Crippen LogP contribution < -0.4 is 0 Å². The highest BCUT2D eigenvalue weighted by atomic mass is 32.1. The predicted octanol–water partition coefficient (Wildman–Crippen LogP) is 5.19. The Morgan fingerprint density at radius 1 is 1.00 bits per heavy atom.